The van der Waals surface area contributed by atoms with E-state index < -0.39 is 12.1 Å². The number of hydrogen-bond donors (Lipinski definition) is 1. The van der Waals surface area contributed by atoms with Gasteiger partial charge in [0.15, 0.2) is 6.17 Å². The summed E-state index contributed by atoms with van der Waals surface area (Å²) in [5, 5.41) is 8.57. The van der Waals surface area contributed by atoms with E-state index in [1.807, 2.05) is 22.6 Å². The molecular formula is C7H12FIO3. The fourth-order valence-electron chi connectivity index (χ4n) is 0.628. The van der Waals surface area contributed by atoms with Crippen LogP contribution >= 0.6 is 22.6 Å². The van der Waals surface area contributed by atoms with Gasteiger partial charge in [-0.3, -0.25) is 0 Å². The fraction of sp³-hybridized carbons (Fsp3) is 0.857. The third-order valence-electron chi connectivity index (χ3n) is 1.20. The second-order valence-corrected chi connectivity index (χ2v) is 4.00. The molecule has 0 aromatic heterocycles. The van der Waals surface area contributed by atoms with E-state index in [1.165, 1.54) is 0 Å². The molecule has 12 heavy (non-hydrogen) atoms. The second-order valence-electron chi connectivity index (χ2n) is 2.24. The lowest BCUT2D eigenvalue weighted by atomic mass is 10.2. The predicted octanol–water partition coefficient (Wildman–Crippen LogP) is 1.07. The van der Waals surface area contributed by atoms with Crippen LogP contribution in [-0.4, -0.2) is 34.4 Å². The van der Waals surface area contributed by atoms with Crippen molar-refractivity contribution in [1.82, 2.24) is 0 Å². The number of alkyl halides is 2. The van der Waals surface area contributed by atoms with Crippen molar-refractivity contribution in [3.63, 3.8) is 0 Å². The Morgan fingerprint density at radius 2 is 2.33 bits per heavy atom. The number of rotatable bonds is 5. The monoisotopic (exact) mass is 290 g/mol. The van der Waals surface area contributed by atoms with E-state index in [-0.39, 0.29) is 23.6 Å². The van der Waals surface area contributed by atoms with Crippen LogP contribution in [0.4, 0.5) is 4.39 Å². The van der Waals surface area contributed by atoms with Gasteiger partial charge >= 0.3 is 5.97 Å². The molecule has 5 heteroatoms. The lowest BCUT2D eigenvalue weighted by Crippen LogP contribution is -2.23. The van der Waals surface area contributed by atoms with Crippen molar-refractivity contribution in [3.8, 4) is 0 Å². The normalized spacial score (nSPS) is 15.3. The topological polar surface area (TPSA) is 46.5 Å². The molecule has 0 heterocycles. The number of aliphatic hydroxyl groups is 1. The summed E-state index contributed by atoms with van der Waals surface area (Å²) in [6.07, 6.45) is -1.60. The molecule has 0 saturated heterocycles. The molecular weight excluding hydrogens is 278 g/mol. The van der Waals surface area contributed by atoms with Crippen LogP contribution in [0.2, 0.25) is 0 Å². The Morgan fingerprint density at radius 3 is 2.75 bits per heavy atom. The van der Waals surface area contributed by atoms with Gasteiger partial charge in [0.25, 0.3) is 0 Å². The lowest BCUT2D eigenvalue weighted by molar-refractivity contribution is -0.149. The van der Waals surface area contributed by atoms with Crippen LogP contribution in [0.5, 0.6) is 0 Å². The molecule has 2 atom stereocenters. The van der Waals surface area contributed by atoms with E-state index in [4.69, 9.17) is 5.11 Å². The predicted molar refractivity (Wildman–Crippen MR) is 51.0 cm³/mol. The summed E-state index contributed by atoms with van der Waals surface area (Å²) in [6.45, 7) is 1.68. The molecule has 0 saturated carbocycles. The van der Waals surface area contributed by atoms with Crippen molar-refractivity contribution in [2.24, 2.45) is 0 Å². The summed E-state index contributed by atoms with van der Waals surface area (Å²) in [7, 11) is 0. The van der Waals surface area contributed by atoms with Crippen LogP contribution in [0, 0.1) is 0 Å². The summed E-state index contributed by atoms with van der Waals surface area (Å²) in [5.41, 5.74) is 0. The van der Waals surface area contributed by atoms with Crippen LogP contribution in [0.1, 0.15) is 13.3 Å². The van der Waals surface area contributed by atoms with Crippen LogP contribution in [0.3, 0.4) is 0 Å². The number of carbonyl (C=O) groups is 1. The SMILES string of the molecule is CCOC(=O)C(F)CC(I)CO. The third kappa shape index (κ3) is 4.87. The summed E-state index contributed by atoms with van der Waals surface area (Å²) >= 11 is 1.88. The van der Waals surface area contributed by atoms with Crippen LogP contribution in [0.15, 0.2) is 0 Å². The number of carbonyl (C=O) groups excluding carboxylic acids is 1. The highest BCUT2D eigenvalue weighted by Gasteiger charge is 2.21. The van der Waals surface area contributed by atoms with Crippen molar-refractivity contribution >= 4 is 28.6 Å². The van der Waals surface area contributed by atoms with Gasteiger partial charge in [0.1, 0.15) is 0 Å². The summed E-state index contributed by atoms with van der Waals surface area (Å²) < 4.78 is 17.0. The Bertz CT molecular complexity index is 143. The first kappa shape index (κ1) is 12.1. The van der Waals surface area contributed by atoms with Gasteiger partial charge in [-0.25, -0.2) is 9.18 Å². The van der Waals surface area contributed by atoms with Crippen molar-refractivity contribution in [2.75, 3.05) is 13.2 Å². The first-order valence-corrected chi connectivity index (χ1v) is 4.92. The first-order chi connectivity index (χ1) is 5.61. The molecule has 0 fully saturated rings. The van der Waals surface area contributed by atoms with E-state index in [0.717, 1.165) is 0 Å². The van der Waals surface area contributed by atoms with Gasteiger partial charge in [0.05, 0.1) is 13.2 Å². The largest absolute Gasteiger partial charge is 0.464 e. The van der Waals surface area contributed by atoms with Gasteiger partial charge in [-0.05, 0) is 6.92 Å². The molecule has 0 aromatic rings. The molecule has 3 nitrogen and oxygen atoms in total. The molecule has 0 amide bonds. The smallest absolute Gasteiger partial charge is 0.340 e. The van der Waals surface area contributed by atoms with Gasteiger partial charge in [0, 0.05) is 10.3 Å². The standard InChI is InChI=1S/C7H12FIO3/c1-2-12-7(11)6(8)3-5(9)4-10/h5-6,10H,2-4H2,1H3. The summed E-state index contributed by atoms with van der Waals surface area (Å²) in [4.78, 5) is 10.7. The van der Waals surface area contributed by atoms with Gasteiger partial charge in [0.2, 0.25) is 0 Å². The Morgan fingerprint density at radius 1 is 1.75 bits per heavy atom. The molecule has 2 unspecified atom stereocenters. The van der Waals surface area contributed by atoms with E-state index in [1.54, 1.807) is 6.92 Å². The molecule has 0 bridgehead atoms. The average molecular weight is 290 g/mol. The van der Waals surface area contributed by atoms with Crippen molar-refractivity contribution in [1.29, 1.82) is 0 Å². The van der Waals surface area contributed by atoms with Crippen LogP contribution in [-0.2, 0) is 9.53 Å². The molecule has 0 aromatic carbocycles. The van der Waals surface area contributed by atoms with Crippen LogP contribution < -0.4 is 0 Å². The van der Waals surface area contributed by atoms with Crippen molar-refractivity contribution in [3.05, 3.63) is 0 Å². The highest BCUT2D eigenvalue weighted by molar-refractivity contribution is 14.1. The summed E-state index contributed by atoms with van der Waals surface area (Å²) in [6, 6.07) is 0. The highest BCUT2D eigenvalue weighted by Crippen LogP contribution is 2.11. The van der Waals surface area contributed by atoms with E-state index in [0.29, 0.717) is 0 Å². The van der Waals surface area contributed by atoms with Gasteiger partial charge in [-0.1, -0.05) is 22.6 Å². The van der Waals surface area contributed by atoms with E-state index in [2.05, 4.69) is 4.74 Å². The Hall–Kier alpha value is 0.0900. The number of ether oxygens (including phenoxy) is 1. The van der Waals surface area contributed by atoms with Gasteiger partial charge in [-0.15, -0.1) is 0 Å². The molecule has 0 aliphatic carbocycles. The maximum Gasteiger partial charge on any atom is 0.340 e. The second kappa shape index (κ2) is 6.59. The molecule has 0 aliphatic heterocycles. The molecule has 0 spiro atoms. The number of aliphatic hydroxyl groups excluding tert-OH is 1. The molecule has 72 valence electrons. The van der Waals surface area contributed by atoms with Gasteiger partial charge in [-0.2, -0.15) is 0 Å². The zero-order valence-electron chi connectivity index (χ0n) is 6.80. The Kier molecular flexibility index (Phi) is 6.64. The fourth-order valence-corrected chi connectivity index (χ4v) is 1.07. The minimum atomic E-state index is -1.61. The maximum atomic E-state index is 12.8. The number of hydrogen-bond acceptors (Lipinski definition) is 3. The minimum Gasteiger partial charge on any atom is -0.464 e. The molecule has 0 rings (SSSR count). The zero-order chi connectivity index (χ0) is 9.56. The van der Waals surface area contributed by atoms with Crippen molar-refractivity contribution in [2.45, 2.75) is 23.4 Å². The number of esters is 1. The minimum absolute atomic E-state index is 0.00981. The van der Waals surface area contributed by atoms with E-state index in [9.17, 15) is 9.18 Å². The Balaban J connectivity index is 3.70. The third-order valence-corrected chi connectivity index (χ3v) is 2.11. The lowest BCUT2D eigenvalue weighted by Gasteiger charge is -2.09. The highest BCUT2D eigenvalue weighted by atomic mass is 127. The molecule has 1 N–H and O–H groups in total. The average Bonchev–Trinajstić information content (AvgIpc) is 2.04. The zero-order valence-corrected chi connectivity index (χ0v) is 8.95. The first-order valence-electron chi connectivity index (χ1n) is 3.67. The Labute approximate surface area is 84.4 Å². The van der Waals surface area contributed by atoms with Gasteiger partial charge < -0.3 is 9.84 Å². The van der Waals surface area contributed by atoms with Crippen molar-refractivity contribution < 1.29 is 19.0 Å². The molecule has 0 aliphatic rings. The quantitative estimate of drug-likeness (QED) is 0.468. The molecule has 0 radical (unpaired) electrons. The summed E-state index contributed by atoms with van der Waals surface area (Å²) in [5.74, 6) is -0.840. The van der Waals surface area contributed by atoms with Crippen LogP contribution in [0.25, 0.3) is 0 Å². The number of halogens is 2. The van der Waals surface area contributed by atoms with E-state index >= 15 is 0 Å². The maximum absolute atomic E-state index is 12.8.